The highest BCUT2D eigenvalue weighted by atomic mass is 16.2. The summed E-state index contributed by atoms with van der Waals surface area (Å²) in [4.78, 5) is 40.8. The molecule has 0 bridgehead atoms. The Labute approximate surface area is 143 Å². The van der Waals surface area contributed by atoms with Crippen molar-refractivity contribution in [2.45, 2.75) is 58.0 Å². The van der Waals surface area contributed by atoms with Crippen molar-refractivity contribution in [3.05, 3.63) is 0 Å². The van der Waals surface area contributed by atoms with Gasteiger partial charge >= 0.3 is 0 Å². The van der Waals surface area contributed by atoms with Gasteiger partial charge in [-0.05, 0) is 31.6 Å². The number of rotatable bonds is 6. The summed E-state index contributed by atoms with van der Waals surface area (Å²) in [5, 5.41) is 2.93. The molecule has 2 saturated heterocycles. The minimum Gasteiger partial charge on any atom is -0.342 e. The lowest BCUT2D eigenvalue weighted by Gasteiger charge is -2.30. The molecule has 136 valence electrons. The standard InChI is InChI=1S/C17H30N4O3/c1-3-12(2)15(17(24)20-8-4-5-9-20)19-16(23)13-7-6-10-21(13)14(22)11-18/h12-13,15H,3-11,18H2,1-2H3,(H,19,23)/t12-,13-,15-/m0/s1. The molecule has 0 unspecified atom stereocenters. The van der Waals surface area contributed by atoms with Gasteiger partial charge in [0.25, 0.3) is 0 Å². The molecule has 0 radical (unpaired) electrons. The first-order valence-electron chi connectivity index (χ1n) is 9.08. The van der Waals surface area contributed by atoms with Crippen molar-refractivity contribution in [2.75, 3.05) is 26.2 Å². The molecule has 2 aliphatic heterocycles. The average molecular weight is 338 g/mol. The van der Waals surface area contributed by atoms with Crippen LogP contribution >= 0.6 is 0 Å². The van der Waals surface area contributed by atoms with Crippen molar-refractivity contribution in [1.82, 2.24) is 15.1 Å². The number of nitrogens with one attached hydrogen (secondary N) is 1. The molecule has 0 aromatic rings. The van der Waals surface area contributed by atoms with E-state index in [0.717, 1.165) is 38.8 Å². The fourth-order valence-electron chi connectivity index (χ4n) is 3.52. The summed E-state index contributed by atoms with van der Waals surface area (Å²) < 4.78 is 0. The third kappa shape index (κ3) is 4.06. The highest BCUT2D eigenvalue weighted by Gasteiger charge is 2.37. The maximum atomic E-state index is 12.8. The third-order valence-corrected chi connectivity index (χ3v) is 5.24. The van der Waals surface area contributed by atoms with Crippen LogP contribution in [0.25, 0.3) is 0 Å². The molecule has 7 heteroatoms. The topological polar surface area (TPSA) is 95.7 Å². The fraction of sp³-hybridized carbons (Fsp3) is 0.824. The molecule has 0 aliphatic carbocycles. The van der Waals surface area contributed by atoms with Gasteiger partial charge in [0.1, 0.15) is 12.1 Å². The third-order valence-electron chi connectivity index (χ3n) is 5.24. The number of hydrogen-bond donors (Lipinski definition) is 2. The largest absolute Gasteiger partial charge is 0.342 e. The van der Waals surface area contributed by atoms with Gasteiger partial charge in [-0.15, -0.1) is 0 Å². The van der Waals surface area contributed by atoms with E-state index in [1.54, 1.807) is 4.90 Å². The SMILES string of the molecule is CC[C@H](C)[C@H](NC(=O)[C@@H]1CCCN1C(=O)CN)C(=O)N1CCCC1. The van der Waals surface area contributed by atoms with Crippen LogP contribution in [0.3, 0.4) is 0 Å². The molecule has 2 heterocycles. The summed E-state index contributed by atoms with van der Waals surface area (Å²) in [6.45, 7) is 6.00. The molecule has 0 spiro atoms. The fourth-order valence-corrected chi connectivity index (χ4v) is 3.52. The van der Waals surface area contributed by atoms with E-state index in [-0.39, 0.29) is 30.2 Å². The Morgan fingerprint density at radius 1 is 1.17 bits per heavy atom. The van der Waals surface area contributed by atoms with Crippen LogP contribution in [0.15, 0.2) is 0 Å². The Balaban J connectivity index is 2.06. The molecule has 2 fully saturated rings. The van der Waals surface area contributed by atoms with Crippen LogP contribution in [-0.2, 0) is 14.4 Å². The van der Waals surface area contributed by atoms with E-state index in [2.05, 4.69) is 5.32 Å². The molecular weight excluding hydrogens is 308 g/mol. The minimum atomic E-state index is -0.518. The van der Waals surface area contributed by atoms with Gasteiger partial charge in [-0.3, -0.25) is 14.4 Å². The first kappa shape index (κ1) is 18.7. The summed E-state index contributed by atoms with van der Waals surface area (Å²) in [6.07, 6.45) is 4.27. The maximum Gasteiger partial charge on any atom is 0.245 e. The molecule has 0 aromatic heterocycles. The normalized spacial score (nSPS) is 23.2. The highest BCUT2D eigenvalue weighted by molar-refractivity contribution is 5.93. The number of hydrogen-bond acceptors (Lipinski definition) is 4. The summed E-state index contributed by atoms with van der Waals surface area (Å²) in [7, 11) is 0. The van der Waals surface area contributed by atoms with Crippen LogP contribution in [0.1, 0.15) is 46.0 Å². The molecule has 24 heavy (non-hydrogen) atoms. The van der Waals surface area contributed by atoms with Gasteiger partial charge in [0.2, 0.25) is 17.7 Å². The van der Waals surface area contributed by atoms with E-state index in [1.165, 1.54) is 0 Å². The van der Waals surface area contributed by atoms with Crippen molar-refractivity contribution in [3.8, 4) is 0 Å². The Morgan fingerprint density at radius 3 is 2.42 bits per heavy atom. The zero-order chi connectivity index (χ0) is 17.7. The summed E-state index contributed by atoms with van der Waals surface area (Å²) in [5.41, 5.74) is 5.43. The summed E-state index contributed by atoms with van der Waals surface area (Å²) in [5.74, 6) is -0.377. The predicted molar refractivity (Wildman–Crippen MR) is 91.0 cm³/mol. The number of likely N-dealkylation sites (tertiary alicyclic amines) is 2. The highest BCUT2D eigenvalue weighted by Crippen LogP contribution is 2.20. The van der Waals surface area contributed by atoms with Crippen molar-refractivity contribution in [2.24, 2.45) is 11.7 Å². The van der Waals surface area contributed by atoms with E-state index < -0.39 is 12.1 Å². The van der Waals surface area contributed by atoms with Crippen molar-refractivity contribution in [3.63, 3.8) is 0 Å². The maximum absolute atomic E-state index is 12.8. The smallest absolute Gasteiger partial charge is 0.245 e. The predicted octanol–water partition coefficient (Wildman–Crippen LogP) is 0.0894. The number of nitrogens with zero attached hydrogens (tertiary/aromatic N) is 2. The van der Waals surface area contributed by atoms with E-state index in [4.69, 9.17) is 5.73 Å². The lowest BCUT2D eigenvalue weighted by atomic mass is 9.97. The second-order valence-corrected chi connectivity index (χ2v) is 6.85. The monoisotopic (exact) mass is 338 g/mol. The molecule has 3 amide bonds. The Hall–Kier alpha value is -1.63. The number of amides is 3. The Kier molecular flexibility index (Phi) is 6.60. The molecule has 2 aliphatic rings. The van der Waals surface area contributed by atoms with Crippen LogP contribution in [0.4, 0.5) is 0 Å². The molecule has 2 rings (SSSR count). The summed E-state index contributed by atoms with van der Waals surface area (Å²) in [6, 6.07) is -1.02. The van der Waals surface area contributed by atoms with E-state index in [1.807, 2.05) is 18.7 Å². The van der Waals surface area contributed by atoms with Crippen molar-refractivity contribution in [1.29, 1.82) is 0 Å². The molecule has 0 aromatic carbocycles. The van der Waals surface area contributed by atoms with Gasteiger partial charge in [-0.2, -0.15) is 0 Å². The molecule has 3 N–H and O–H groups in total. The number of nitrogens with two attached hydrogens (primary N) is 1. The Bertz CT molecular complexity index is 476. The lowest BCUT2D eigenvalue weighted by molar-refractivity contribution is -0.141. The van der Waals surface area contributed by atoms with E-state index in [0.29, 0.717) is 13.0 Å². The van der Waals surface area contributed by atoms with Gasteiger partial charge in [-0.1, -0.05) is 20.3 Å². The lowest BCUT2D eigenvalue weighted by Crippen LogP contribution is -2.56. The van der Waals surface area contributed by atoms with Crippen LogP contribution in [0.2, 0.25) is 0 Å². The average Bonchev–Trinajstić information content (AvgIpc) is 3.28. The van der Waals surface area contributed by atoms with Crippen LogP contribution in [0.5, 0.6) is 0 Å². The van der Waals surface area contributed by atoms with Crippen LogP contribution in [-0.4, -0.2) is 65.8 Å². The second-order valence-electron chi connectivity index (χ2n) is 6.85. The van der Waals surface area contributed by atoms with E-state index >= 15 is 0 Å². The number of carbonyl (C=O) groups excluding carboxylic acids is 3. The zero-order valence-electron chi connectivity index (χ0n) is 14.8. The van der Waals surface area contributed by atoms with Crippen LogP contribution < -0.4 is 11.1 Å². The molecular formula is C17H30N4O3. The van der Waals surface area contributed by atoms with Gasteiger partial charge in [0.05, 0.1) is 6.54 Å². The first-order valence-corrected chi connectivity index (χ1v) is 9.08. The van der Waals surface area contributed by atoms with Gasteiger partial charge in [0.15, 0.2) is 0 Å². The van der Waals surface area contributed by atoms with E-state index in [9.17, 15) is 14.4 Å². The quantitative estimate of drug-likeness (QED) is 0.717. The zero-order valence-corrected chi connectivity index (χ0v) is 14.8. The first-order chi connectivity index (χ1) is 11.5. The van der Waals surface area contributed by atoms with Gasteiger partial charge in [0, 0.05) is 19.6 Å². The number of carbonyl (C=O) groups is 3. The molecule has 3 atom stereocenters. The van der Waals surface area contributed by atoms with Gasteiger partial charge in [-0.25, -0.2) is 0 Å². The van der Waals surface area contributed by atoms with Crippen LogP contribution in [0, 0.1) is 5.92 Å². The Morgan fingerprint density at radius 2 is 1.83 bits per heavy atom. The molecule has 0 saturated carbocycles. The van der Waals surface area contributed by atoms with Gasteiger partial charge < -0.3 is 20.9 Å². The molecule has 7 nitrogen and oxygen atoms in total. The van der Waals surface area contributed by atoms with Crippen molar-refractivity contribution >= 4 is 17.7 Å². The minimum absolute atomic E-state index is 0.00454. The second kappa shape index (κ2) is 8.46. The van der Waals surface area contributed by atoms with Crippen molar-refractivity contribution < 1.29 is 14.4 Å². The summed E-state index contributed by atoms with van der Waals surface area (Å²) >= 11 is 0.